The molecule has 17 heavy (non-hydrogen) atoms. The molecule has 0 saturated heterocycles. The number of rotatable bonds is 5. The maximum Gasteiger partial charge on any atom is 0.137 e. The van der Waals surface area contributed by atoms with Crippen molar-refractivity contribution in [3.8, 4) is 0 Å². The molecule has 0 saturated carbocycles. The Labute approximate surface area is 101 Å². The molecule has 2 rings (SSSR count). The molecule has 2 aromatic rings. The fraction of sp³-hybridized carbons (Fsp3) is 0.429. The van der Waals surface area contributed by atoms with E-state index in [1.54, 1.807) is 7.11 Å². The summed E-state index contributed by atoms with van der Waals surface area (Å²) in [6, 6.07) is 7.91. The molecule has 0 spiro atoms. The third-order valence-electron chi connectivity index (χ3n) is 2.91. The lowest BCUT2D eigenvalue weighted by atomic mass is 10.1. The van der Waals surface area contributed by atoms with Crippen molar-refractivity contribution in [3.05, 3.63) is 35.6 Å². The molecule has 0 aliphatic heterocycles. The van der Waals surface area contributed by atoms with Crippen molar-refractivity contribution in [2.75, 3.05) is 13.7 Å². The van der Waals surface area contributed by atoms with E-state index in [0.29, 0.717) is 18.8 Å². The quantitative estimate of drug-likeness (QED) is 0.808. The predicted molar refractivity (Wildman–Crippen MR) is 67.0 cm³/mol. The summed E-state index contributed by atoms with van der Waals surface area (Å²) in [5.41, 5.74) is 1.96. The largest absolute Gasteiger partial charge is 0.458 e. The van der Waals surface area contributed by atoms with E-state index in [1.807, 2.05) is 31.2 Å². The smallest absolute Gasteiger partial charge is 0.137 e. The predicted octanol–water partition coefficient (Wildman–Crippen LogP) is 3.20. The highest BCUT2D eigenvalue weighted by Gasteiger charge is 2.13. The van der Waals surface area contributed by atoms with Crippen LogP contribution in [0.3, 0.4) is 0 Å². The Bertz CT molecular complexity index is 487. The number of para-hydroxylation sites is 1. The van der Waals surface area contributed by atoms with E-state index >= 15 is 0 Å². The summed E-state index contributed by atoms with van der Waals surface area (Å²) in [5, 5.41) is 11.0. The number of fused-ring (bicyclic) bond motifs is 1. The van der Waals surface area contributed by atoms with Crippen LogP contribution in [0.5, 0.6) is 0 Å². The Morgan fingerprint density at radius 1 is 1.41 bits per heavy atom. The van der Waals surface area contributed by atoms with Gasteiger partial charge in [-0.2, -0.15) is 0 Å². The van der Waals surface area contributed by atoms with Crippen LogP contribution >= 0.6 is 0 Å². The topological polar surface area (TPSA) is 42.6 Å². The summed E-state index contributed by atoms with van der Waals surface area (Å²) >= 11 is 0. The van der Waals surface area contributed by atoms with Gasteiger partial charge in [0.15, 0.2) is 0 Å². The number of aryl methyl sites for hydroxylation is 1. The van der Waals surface area contributed by atoms with E-state index in [0.717, 1.165) is 23.0 Å². The third-order valence-corrected chi connectivity index (χ3v) is 2.91. The van der Waals surface area contributed by atoms with Crippen LogP contribution in [0.2, 0.25) is 0 Å². The molecule has 1 atom stereocenters. The molecule has 1 aromatic heterocycles. The number of furan rings is 1. The summed E-state index contributed by atoms with van der Waals surface area (Å²) in [4.78, 5) is 0. The molecule has 1 unspecified atom stereocenters. The first-order chi connectivity index (χ1) is 8.22. The highest BCUT2D eigenvalue weighted by molar-refractivity contribution is 5.80. The van der Waals surface area contributed by atoms with E-state index in [-0.39, 0.29) is 0 Å². The second-order valence-corrected chi connectivity index (χ2v) is 4.29. The van der Waals surface area contributed by atoms with Gasteiger partial charge in [-0.05, 0) is 31.4 Å². The number of ether oxygens (including phenoxy) is 1. The van der Waals surface area contributed by atoms with Crippen molar-refractivity contribution in [1.82, 2.24) is 0 Å². The normalized spacial score (nSPS) is 13.1. The molecule has 0 aliphatic carbocycles. The minimum absolute atomic E-state index is 0.544. The number of hydrogen-bond acceptors (Lipinski definition) is 3. The van der Waals surface area contributed by atoms with Gasteiger partial charge in [-0.25, -0.2) is 0 Å². The summed E-state index contributed by atoms with van der Waals surface area (Å²) < 4.78 is 10.7. The van der Waals surface area contributed by atoms with Crippen molar-refractivity contribution >= 4 is 11.0 Å². The van der Waals surface area contributed by atoms with E-state index in [9.17, 15) is 5.11 Å². The lowest BCUT2D eigenvalue weighted by Crippen LogP contribution is -1.98. The summed E-state index contributed by atoms with van der Waals surface area (Å²) in [7, 11) is 1.66. The van der Waals surface area contributed by atoms with E-state index in [4.69, 9.17) is 9.15 Å². The zero-order valence-corrected chi connectivity index (χ0v) is 10.3. The molecule has 3 heteroatoms. The fourth-order valence-corrected chi connectivity index (χ4v) is 1.96. The molecule has 1 aromatic carbocycles. The first-order valence-electron chi connectivity index (χ1n) is 5.88. The van der Waals surface area contributed by atoms with Crippen LogP contribution in [0.4, 0.5) is 0 Å². The minimum Gasteiger partial charge on any atom is -0.458 e. The number of benzene rings is 1. The SMILES string of the molecule is COCCCC(O)c1cc2cccc(C)c2o1. The number of aliphatic hydroxyl groups is 1. The van der Waals surface area contributed by atoms with Gasteiger partial charge in [-0.1, -0.05) is 18.2 Å². The van der Waals surface area contributed by atoms with Crippen molar-refractivity contribution in [3.63, 3.8) is 0 Å². The van der Waals surface area contributed by atoms with Gasteiger partial charge < -0.3 is 14.3 Å². The standard InChI is InChI=1S/C14H18O3/c1-10-5-3-6-11-9-13(17-14(10)11)12(15)7-4-8-16-2/h3,5-6,9,12,15H,4,7-8H2,1-2H3. The molecule has 0 aliphatic rings. The van der Waals surface area contributed by atoms with Crippen LogP contribution in [0.1, 0.15) is 30.3 Å². The first-order valence-corrected chi connectivity index (χ1v) is 5.88. The zero-order chi connectivity index (χ0) is 12.3. The van der Waals surface area contributed by atoms with Crippen LogP contribution in [0, 0.1) is 6.92 Å². The van der Waals surface area contributed by atoms with Gasteiger partial charge in [0, 0.05) is 19.1 Å². The fourth-order valence-electron chi connectivity index (χ4n) is 1.96. The number of aliphatic hydroxyl groups excluding tert-OH is 1. The Balaban J connectivity index is 2.16. The van der Waals surface area contributed by atoms with Gasteiger partial charge >= 0.3 is 0 Å². The van der Waals surface area contributed by atoms with E-state index in [2.05, 4.69) is 0 Å². The Morgan fingerprint density at radius 2 is 2.24 bits per heavy atom. The monoisotopic (exact) mass is 234 g/mol. The molecular formula is C14H18O3. The third kappa shape index (κ3) is 2.68. The summed E-state index contributed by atoms with van der Waals surface area (Å²) in [5.74, 6) is 0.644. The average molecular weight is 234 g/mol. The molecule has 3 nitrogen and oxygen atoms in total. The highest BCUT2D eigenvalue weighted by Crippen LogP contribution is 2.28. The highest BCUT2D eigenvalue weighted by atomic mass is 16.5. The Morgan fingerprint density at radius 3 is 2.94 bits per heavy atom. The van der Waals surface area contributed by atoms with Crippen LogP contribution in [-0.2, 0) is 4.74 Å². The lowest BCUT2D eigenvalue weighted by Gasteiger charge is -2.06. The van der Waals surface area contributed by atoms with Crippen LogP contribution in [-0.4, -0.2) is 18.8 Å². The minimum atomic E-state index is -0.544. The molecule has 0 radical (unpaired) electrons. The Kier molecular flexibility index (Phi) is 3.82. The lowest BCUT2D eigenvalue weighted by molar-refractivity contribution is 0.120. The van der Waals surface area contributed by atoms with Crippen LogP contribution in [0.15, 0.2) is 28.7 Å². The van der Waals surface area contributed by atoms with E-state index < -0.39 is 6.10 Å². The number of hydrogen-bond donors (Lipinski definition) is 1. The molecule has 92 valence electrons. The van der Waals surface area contributed by atoms with Crippen molar-refractivity contribution in [2.45, 2.75) is 25.9 Å². The van der Waals surface area contributed by atoms with Gasteiger partial charge in [0.2, 0.25) is 0 Å². The molecule has 0 fully saturated rings. The molecule has 0 bridgehead atoms. The van der Waals surface area contributed by atoms with Crippen molar-refractivity contribution in [2.24, 2.45) is 0 Å². The summed E-state index contributed by atoms with van der Waals surface area (Å²) in [6.45, 7) is 2.67. The molecule has 1 N–H and O–H groups in total. The van der Waals surface area contributed by atoms with Gasteiger partial charge in [-0.3, -0.25) is 0 Å². The van der Waals surface area contributed by atoms with Crippen molar-refractivity contribution in [1.29, 1.82) is 0 Å². The maximum absolute atomic E-state index is 9.99. The van der Waals surface area contributed by atoms with Gasteiger partial charge in [0.1, 0.15) is 17.4 Å². The van der Waals surface area contributed by atoms with Crippen LogP contribution < -0.4 is 0 Å². The van der Waals surface area contributed by atoms with E-state index in [1.165, 1.54) is 0 Å². The molecule has 0 amide bonds. The number of methoxy groups -OCH3 is 1. The Hall–Kier alpha value is -1.32. The maximum atomic E-state index is 9.99. The second kappa shape index (κ2) is 5.34. The van der Waals surface area contributed by atoms with Gasteiger partial charge in [0.05, 0.1) is 0 Å². The first kappa shape index (κ1) is 12.1. The second-order valence-electron chi connectivity index (χ2n) is 4.29. The molecular weight excluding hydrogens is 216 g/mol. The van der Waals surface area contributed by atoms with Crippen molar-refractivity contribution < 1.29 is 14.3 Å². The van der Waals surface area contributed by atoms with Crippen LogP contribution in [0.25, 0.3) is 11.0 Å². The van der Waals surface area contributed by atoms with Gasteiger partial charge in [-0.15, -0.1) is 0 Å². The van der Waals surface area contributed by atoms with Gasteiger partial charge in [0.25, 0.3) is 0 Å². The summed E-state index contributed by atoms with van der Waals surface area (Å²) in [6.07, 6.45) is 0.942. The molecule has 1 heterocycles. The zero-order valence-electron chi connectivity index (χ0n) is 10.3. The average Bonchev–Trinajstić information content (AvgIpc) is 2.75.